The zero-order valence-electron chi connectivity index (χ0n) is 10.1. The Labute approximate surface area is 104 Å². The van der Waals surface area contributed by atoms with E-state index in [9.17, 15) is 8.78 Å². The van der Waals surface area contributed by atoms with Crippen molar-refractivity contribution in [1.82, 2.24) is 15.3 Å². The predicted octanol–water partition coefficient (Wildman–Crippen LogP) is 2.37. The summed E-state index contributed by atoms with van der Waals surface area (Å²) >= 11 is 0. The molecule has 0 aliphatic carbocycles. The standard InChI is InChI=1S/C13H13F2N3/c1-8-3-4-9(14)11(12(8)15)13(16-2)10-7-17-5-6-18-10/h3-7,13,16H,1-2H3. The zero-order chi connectivity index (χ0) is 13.1. The van der Waals surface area contributed by atoms with E-state index in [1.807, 2.05) is 0 Å². The summed E-state index contributed by atoms with van der Waals surface area (Å²) in [7, 11) is 1.63. The summed E-state index contributed by atoms with van der Waals surface area (Å²) in [4.78, 5) is 7.99. The molecule has 1 N–H and O–H groups in total. The summed E-state index contributed by atoms with van der Waals surface area (Å²) in [6.45, 7) is 1.60. The zero-order valence-corrected chi connectivity index (χ0v) is 10.1. The maximum atomic E-state index is 14.1. The quantitative estimate of drug-likeness (QED) is 0.907. The Hall–Kier alpha value is -1.88. The Balaban J connectivity index is 2.56. The highest BCUT2D eigenvalue weighted by atomic mass is 19.1. The summed E-state index contributed by atoms with van der Waals surface area (Å²) in [6.07, 6.45) is 4.49. The average Bonchev–Trinajstić information content (AvgIpc) is 2.40. The summed E-state index contributed by atoms with van der Waals surface area (Å²) in [5, 5.41) is 2.86. The summed E-state index contributed by atoms with van der Waals surface area (Å²) in [5.74, 6) is -1.15. The molecule has 1 aromatic heterocycles. The molecule has 2 rings (SSSR count). The molecule has 18 heavy (non-hydrogen) atoms. The minimum atomic E-state index is -0.654. The lowest BCUT2D eigenvalue weighted by atomic mass is 10.0. The van der Waals surface area contributed by atoms with E-state index in [0.717, 1.165) is 0 Å². The van der Waals surface area contributed by atoms with Gasteiger partial charge in [0.15, 0.2) is 0 Å². The third-order valence-corrected chi connectivity index (χ3v) is 2.78. The normalized spacial score (nSPS) is 12.4. The van der Waals surface area contributed by atoms with Crippen molar-refractivity contribution in [2.45, 2.75) is 13.0 Å². The Morgan fingerprint density at radius 1 is 1.22 bits per heavy atom. The third kappa shape index (κ3) is 2.22. The van der Waals surface area contributed by atoms with Gasteiger partial charge in [-0.25, -0.2) is 8.78 Å². The molecular weight excluding hydrogens is 236 g/mol. The molecule has 0 aliphatic heterocycles. The summed E-state index contributed by atoms with van der Waals surface area (Å²) in [5.41, 5.74) is 0.844. The fourth-order valence-corrected chi connectivity index (χ4v) is 1.84. The number of nitrogens with zero attached hydrogens (tertiary/aromatic N) is 2. The lowest BCUT2D eigenvalue weighted by molar-refractivity contribution is 0.513. The van der Waals surface area contributed by atoms with E-state index in [4.69, 9.17) is 0 Å². The van der Waals surface area contributed by atoms with Crippen LogP contribution in [0.15, 0.2) is 30.7 Å². The first-order valence-electron chi connectivity index (χ1n) is 5.52. The molecular formula is C13H13F2N3. The lowest BCUT2D eigenvalue weighted by Gasteiger charge is -2.18. The van der Waals surface area contributed by atoms with E-state index in [1.165, 1.54) is 30.7 Å². The van der Waals surface area contributed by atoms with Gasteiger partial charge in [0, 0.05) is 18.0 Å². The van der Waals surface area contributed by atoms with Crippen LogP contribution in [-0.2, 0) is 0 Å². The van der Waals surface area contributed by atoms with E-state index in [2.05, 4.69) is 15.3 Å². The third-order valence-electron chi connectivity index (χ3n) is 2.78. The van der Waals surface area contributed by atoms with E-state index in [-0.39, 0.29) is 5.56 Å². The van der Waals surface area contributed by atoms with Crippen molar-refractivity contribution in [1.29, 1.82) is 0 Å². The second-order valence-electron chi connectivity index (χ2n) is 3.94. The van der Waals surface area contributed by atoms with Crippen molar-refractivity contribution < 1.29 is 8.78 Å². The van der Waals surface area contributed by atoms with E-state index < -0.39 is 17.7 Å². The van der Waals surface area contributed by atoms with Crippen molar-refractivity contribution in [3.05, 3.63) is 59.2 Å². The van der Waals surface area contributed by atoms with Gasteiger partial charge in [-0.2, -0.15) is 0 Å². The van der Waals surface area contributed by atoms with Crippen LogP contribution in [0, 0.1) is 18.6 Å². The molecule has 1 unspecified atom stereocenters. The van der Waals surface area contributed by atoms with Crippen molar-refractivity contribution in [3.8, 4) is 0 Å². The Kier molecular flexibility index (Phi) is 3.62. The molecule has 0 saturated heterocycles. The summed E-state index contributed by atoms with van der Waals surface area (Å²) in [6, 6.07) is 2.02. The van der Waals surface area contributed by atoms with Crippen molar-refractivity contribution in [3.63, 3.8) is 0 Å². The van der Waals surface area contributed by atoms with Gasteiger partial charge in [0.25, 0.3) is 0 Å². The van der Waals surface area contributed by atoms with Crippen LogP contribution in [0.5, 0.6) is 0 Å². The first-order valence-corrected chi connectivity index (χ1v) is 5.52. The van der Waals surface area contributed by atoms with Gasteiger partial charge in [-0.1, -0.05) is 6.07 Å². The molecule has 0 fully saturated rings. The fraction of sp³-hybridized carbons (Fsp3) is 0.231. The molecule has 94 valence electrons. The maximum absolute atomic E-state index is 14.1. The monoisotopic (exact) mass is 249 g/mol. The van der Waals surface area contributed by atoms with Crippen LogP contribution in [0.4, 0.5) is 8.78 Å². The molecule has 0 spiro atoms. The number of hydrogen-bond donors (Lipinski definition) is 1. The molecule has 1 heterocycles. The molecule has 0 bridgehead atoms. The number of halogens is 2. The van der Waals surface area contributed by atoms with E-state index in [1.54, 1.807) is 14.0 Å². The molecule has 5 heteroatoms. The van der Waals surface area contributed by atoms with Gasteiger partial charge >= 0.3 is 0 Å². The number of aryl methyl sites for hydroxylation is 1. The number of hydrogen-bond acceptors (Lipinski definition) is 3. The first-order chi connectivity index (χ1) is 8.65. The van der Waals surface area contributed by atoms with E-state index >= 15 is 0 Å². The first kappa shape index (κ1) is 12.6. The van der Waals surface area contributed by atoms with Gasteiger partial charge in [-0.05, 0) is 25.6 Å². The van der Waals surface area contributed by atoms with Crippen LogP contribution in [0.2, 0.25) is 0 Å². The minimum Gasteiger partial charge on any atom is -0.308 e. The Morgan fingerprint density at radius 3 is 2.61 bits per heavy atom. The van der Waals surface area contributed by atoms with Crippen molar-refractivity contribution in [2.75, 3.05) is 7.05 Å². The van der Waals surface area contributed by atoms with Crippen LogP contribution in [0.1, 0.15) is 22.9 Å². The van der Waals surface area contributed by atoms with Crippen molar-refractivity contribution >= 4 is 0 Å². The van der Waals surface area contributed by atoms with Gasteiger partial charge in [-0.15, -0.1) is 0 Å². The SMILES string of the molecule is CNC(c1cnccn1)c1c(F)ccc(C)c1F. The molecule has 0 saturated carbocycles. The topological polar surface area (TPSA) is 37.8 Å². The number of aromatic nitrogens is 2. The number of rotatable bonds is 3. The molecule has 0 radical (unpaired) electrons. The van der Waals surface area contributed by atoms with Crippen LogP contribution >= 0.6 is 0 Å². The minimum absolute atomic E-state index is 0.0296. The number of benzene rings is 1. The smallest absolute Gasteiger partial charge is 0.134 e. The average molecular weight is 249 g/mol. The molecule has 3 nitrogen and oxygen atoms in total. The highest BCUT2D eigenvalue weighted by Crippen LogP contribution is 2.26. The predicted molar refractivity (Wildman–Crippen MR) is 64.0 cm³/mol. The van der Waals surface area contributed by atoms with E-state index in [0.29, 0.717) is 11.3 Å². The van der Waals surface area contributed by atoms with Crippen LogP contribution < -0.4 is 5.32 Å². The van der Waals surface area contributed by atoms with Gasteiger partial charge in [0.1, 0.15) is 11.6 Å². The summed E-state index contributed by atoms with van der Waals surface area (Å²) < 4.78 is 27.9. The maximum Gasteiger partial charge on any atom is 0.134 e. The lowest BCUT2D eigenvalue weighted by Crippen LogP contribution is -2.22. The van der Waals surface area contributed by atoms with Gasteiger partial charge in [-0.3, -0.25) is 9.97 Å². The van der Waals surface area contributed by atoms with Crippen LogP contribution in [0.25, 0.3) is 0 Å². The second kappa shape index (κ2) is 5.18. The number of nitrogens with one attached hydrogen (secondary N) is 1. The fourth-order valence-electron chi connectivity index (χ4n) is 1.84. The van der Waals surface area contributed by atoms with Gasteiger partial charge in [0.2, 0.25) is 0 Å². The molecule has 0 aliphatic rings. The van der Waals surface area contributed by atoms with Crippen molar-refractivity contribution in [2.24, 2.45) is 0 Å². The second-order valence-corrected chi connectivity index (χ2v) is 3.94. The molecule has 1 atom stereocenters. The van der Waals surface area contributed by atoms with Gasteiger partial charge < -0.3 is 5.32 Å². The molecule has 2 aromatic rings. The highest BCUT2D eigenvalue weighted by Gasteiger charge is 2.22. The Morgan fingerprint density at radius 2 is 2.00 bits per heavy atom. The van der Waals surface area contributed by atoms with Crippen LogP contribution in [-0.4, -0.2) is 17.0 Å². The van der Waals surface area contributed by atoms with Gasteiger partial charge in [0.05, 0.1) is 17.9 Å². The molecule has 0 amide bonds. The molecule has 1 aromatic carbocycles. The Bertz CT molecular complexity index is 543. The highest BCUT2D eigenvalue weighted by molar-refractivity contribution is 5.33. The largest absolute Gasteiger partial charge is 0.308 e. The van der Waals surface area contributed by atoms with Crippen LogP contribution in [0.3, 0.4) is 0 Å².